The summed E-state index contributed by atoms with van der Waals surface area (Å²) in [6.07, 6.45) is 4.88. The van der Waals surface area contributed by atoms with E-state index in [4.69, 9.17) is 5.73 Å². The topological polar surface area (TPSA) is 26.0 Å². The van der Waals surface area contributed by atoms with Crippen LogP contribution >= 0.6 is 0 Å². The van der Waals surface area contributed by atoms with Gasteiger partial charge in [0.15, 0.2) is 0 Å². The zero-order valence-corrected chi connectivity index (χ0v) is 10.7. The van der Waals surface area contributed by atoms with E-state index < -0.39 is 0 Å². The number of benzene rings is 1. The molecular formula is C15H23N. The van der Waals surface area contributed by atoms with Crippen molar-refractivity contribution in [1.82, 2.24) is 0 Å². The maximum absolute atomic E-state index is 6.59. The normalized spacial score (nSPS) is 30.4. The lowest BCUT2D eigenvalue weighted by Crippen LogP contribution is -2.41. The Bertz CT molecular complexity index is 383. The smallest absolute Gasteiger partial charge is 0.0412 e. The molecular weight excluding hydrogens is 194 g/mol. The highest BCUT2D eigenvalue weighted by atomic mass is 14.7. The summed E-state index contributed by atoms with van der Waals surface area (Å²) < 4.78 is 0. The van der Waals surface area contributed by atoms with Crippen LogP contribution in [0.1, 0.15) is 49.3 Å². The summed E-state index contributed by atoms with van der Waals surface area (Å²) in [5.74, 6) is 0.764. The molecule has 88 valence electrons. The molecule has 0 spiro atoms. The third kappa shape index (κ3) is 2.15. The van der Waals surface area contributed by atoms with Gasteiger partial charge in [0.2, 0.25) is 0 Å². The van der Waals surface area contributed by atoms with Crippen LogP contribution in [0.5, 0.6) is 0 Å². The first kappa shape index (κ1) is 11.7. The number of nitrogens with two attached hydrogens (primary N) is 1. The fourth-order valence-electron chi connectivity index (χ4n) is 2.91. The van der Waals surface area contributed by atoms with E-state index >= 15 is 0 Å². The molecule has 0 aromatic heterocycles. The first-order valence-corrected chi connectivity index (χ1v) is 6.38. The SMILES string of the molecule is Cc1ccc(C2(N)CCCC(C)C2)cc1C. The first-order valence-electron chi connectivity index (χ1n) is 6.38. The molecule has 1 nitrogen and oxygen atoms in total. The second-order valence-electron chi connectivity index (χ2n) is 5.66. The van der Waals surface area contributed by atoms with Crippen molar-refractivity contribution in [3.8, 4) is 0 Å². The van der Waals surface area contributed by atoms with Crippen LogP contribution in [0.4, 0.5) is 0 Å². The van der Waals surface area contributed by atoms with Crippen LogP contribution in [0.2, 0.25) is 0 Å². The zero-order chi connectivity index (χ0) is 11.8. The Morgan fingerprint density at radius 1 is 1.25 bits per heavy atom. The Kier molecular flexibility index (Phi) is 3.07. The number of hydrogen-bond donors (Lipinski definition) is 1. The van der Waals surface area contributed by atoms with Crippen LogP contribution in [0.15, 0.2) is 18.2 Å². The summed E-state index contributed by atoms with van der Waals surface area (Å²) >= 11 is 0. The Morgan fingerprint density at radius 3 is 2.62 bits per heavy atom. The Morgan fingerprint density at radius 2 is 2.00 bits per heavy atom. The molecule has 2 atom stereocenters. The van der Waals surface area contributed by atoms with Gasteiger partial charge in [-0.05, 0) is 49.3 Å². The Hall–Kier alpha value is -0.820. The van der Waals surface area contributed by atoms with E-state index in [9.17, 15) is 0 Å². The average Bonchev–Trinajstić information content (AvgIpc) is 2.21. The van der Waals surface area contributed by atoms with E-state index in [0.29, 0.717) is 0 Å². The van der Waals surface area contributed by atoms with E-state index in [1.807, 2.05) is 0 Å². The fraction of sp³-hybridized carbons (Fsp3) is 0.600. The lowest BCUT2D eigenvalue weighted by Gasteiger charge is -2.37. The van der Waals surface area contributed by atoms with Gasteiger partial charge >= 0.3 is 0 Å². The minimum absolute atomic E-state index is 0.0733. The highest BCUT2D eigenvalue weighted by Gasteiger charge is 2.32. The van der Waals surface area contributed by atoms with Crippen LogP contribution in [0, 0.1) is 19.8 Å². The molecule has 0 radical (unpaired) electrons. The molecule has 0 bridgehead atoms. The Balaban J connectivity index is 2.31. The van der Waals surface area contributed by atoms with Crippen LogP contribution in [0.3, 0.4) is 0 Å². The van der Waals surface area contributed by atoms with Crippen LogP contribution in [-0.4, -0.2) is 0 Å². The summed E-state index contributed by atoms with van der Waals surface area (Å²) in [7, 11) is 0. The van der Waals surface area contributed by atoms with E-state index in [2.05, 4.69) is 39.0 Å². The highest BCUT2D eigenvalue weighted by molar-refractivity contribution is 5.34. The van der Waals surface area contributed by atoms with Crippen molar-refractivity contribution in [3.05, 3.63) is 34.9 Å². The summed E-state index contributed by atoms with van der Waals surface area (Å²) in [6.45, 7) is 6.65. The molecule has 1 aromatic carbocycles. The van der Waals surface area contributed by atoms with E-state index in [0.717, 1.165) is 18.8 Å². The molecule has 0 saturated heterocycles. The van der Waals surface area contributed by atoms with E-state index in [-0.39, 0.29) is 5.54 Å². The van der Waals surface area contributed by atoms with Gasteiger partial charge in [-0.25, -0.2) is 0 Å². The fourth-order valence-corrected chi connectivity index (χ4v) is 2.91. The molecule has 0 aliphatic heterocycles. The third-order valence-corrected chi connectivity index (χ3v) is 4.11. The summed E-state index contributed by atoms with van der Waals surface area (Å²) in [4.78, 5) is 0. The van der Waals surface area contributed by atoms with Gasteiger partial charge in [0.25, 0.3) is 0 Å². The molecule has 2 rings (SSSR count). The second kappa shape index (κ2) is 4.21. The quantitative estimate of drug-likeness (QED) is 0.763. The molecule has 0 amide bonds. The van der Waals surface area contributed by atoms with Crippen LogP contribution in [-0.2, 0) is 5.54 Å². The largest absolute Gasteiger partial charge is 0.321 e. The maximum atomic E-state index is 6.59. The average molecular weight is 217 g/mol. The van der Waals surface area contributed by atoms with Gasteiger partial charge in [0, 0.05) is 5.54 Å². The molecule has 1 aromatic rings. The van der Waals surface area contributed by atoms with Gasteiger partial charge in [-0.3, -0.25) is 0 Å². The molecule has 1 aliphatic carbocycles. The molecule has 2 N–H and O–H groups in total. The lowest BCUT2D eigenvalue weighted by atomic mass is 9.73. The number of rotatable bonds is 1. The minimum atomic E-state index is -0.0733. The van der Waals surface area contributed by atoms with Crippen molar-refractivity contribution in [3.63, 3.8) is 0 Å². The summed E-state index contributed by atoms with van der Waals surface area (Å²) in [5.41, 5.74) is 10.6. The second-order valence-corrected chi connectivity index (χ2v) is 5.66. The predicted molar refractivity (Wildman–Crippen MR) is 69.4 cm³/mol. The standard InChI is InChI=1S/C15H23N/c1-11-5-4-8-15(16,10-11)14-7-6-12(2)13(3)9-14/h6-7,9,11H,4-5,8,10,16H2,1-3H3. The molecule has 0 heterocycles. The molecule has 16 heavy (non-hydrogen) atoms. The zero-order valence-electron chi connectivity index (χ0n) is 10.7. The molecule has 2 unspecified atom stereocenters. The molecule has 1 heteroatoms. The van der Waals surface area contributed by atoms with Crippen LogP contribution < -0.4 is 5.73 Å². The van der Waals surface area contributed by atoms with Gasteiger partial charge in [-0.2, -0.15) is 0 Å². The van der Waals surface area contributed by atoms with Crippen molar-refractivity contribution in [2.75, 3.05) is 0 Å². The minimum Gasteiger partial charge on any atom is -0.321 e. The van der Waals surface area contributed by atoms with Gasteiger partial charge < -0.3 is 5.73 Å². The van der Waals surface area contributed by atoms with E-state index in [1.54, 1.807) is 0 Å². The van der Waals surface area contributed by atoms with Gasteiger partial charge in [-0.1, -0.05) is 38.0 Å². The highest BCUT2D eigenvalue weighted by Crippen LogP contribution is 2.38. The monoisotopic (exact) mass is 217 g/mol. The predicted octanol–water partition coefficient (Wildman–Crippen LogP) is 3.67. The van der Waals surface area contributed by atoms with Crippen molar-refractivity contribution < 1.29 is 0 Å². The van der Waals surface area contributed by atoms with Crippen molar-refractivity contribution in [2.45, 2.75) is 52.0 Å². The lowest BCUT2D eigenvalue weighted by molar-refractivity contribution is 0.239. The van der Waals surface area contributed by atoms with Gasteiger partial charge in [0.1, 0.15) is 0 Å². The Labute approximate surface area is 99.0 Å². The number of aryl methyl sites for hydroxylation is 2. The molecule has 1 aliphatic rings. The molecule has 1 fully saturated rings. The molecule has 1 saturated carbocycles. The van der Waals surface area contributed by atoms with Crippen LogP contribution in [0.25, 0.3) is 0 Å². The van der Waals surface area contributed by atoms with Crippen molar-refractivity contribution in [2.24, 2.45) is 11.7 Å². The summed E-state index contributed by atoms with van der Waals surface area (Å²) in [5, 5.41) is 0. The number of hydrogen-bond acceptors (Lipinski definition) is 1. The third-order valence-electron chi connectivity index (χ3n) is 4.11. The maximum Gasteiger partial charge on any atom is 0.0412 e. The van der Waals surface area contributed by atoms with Crippen molar-refractivity contribution in [1.29, 1.82) is 0 Å². The van der Waals surface area contributed by atoms with Crippen molar-refractivity contribution >= 4 is 0 Å². The summed E-state index contributed by atoms with van der Waals surface area (Å²) in [6, 6.07) is 6.71. The van der Waals surface area contributed by atoms with E-state index in [1.165, 1.54) is 29.5 Å². The van der Waals surface area contributed by atoms with Gasteiger partial charge in [-0.15, -0.1) is 0 Å². The first-order chi connectivity index (χ1) is 7.51. The van der Waals surface area contributed by atoms with Gasteiger partial charge in [0.05, 0.1) is 0 Å².